The van der Waals surface area contributed by atoms with Crippen molar-refractivity contribution in [1.82, 2.24) is 0 Å². The highest BCUT2D eigenvalue weighted by molar-refractivity contribution is 7.95. The van der Waals surface area contributed by atoms with Gasteiger partial charge in [0.1, 0.15) is 0 Å². The molecule has 0 aliphatic heterocycles. The summed E-state index contributed by atoms with van der Waals surface area (Å²) < 4.78 is 26.5. The zero-order valence-electron chi connectivity index (χ0n) is 16.2. The standard InChI is InChI=1S/C21H34O3S/c1-5-8-10-18(7-3)21(16-19(22)11-9-6-2)25(23,24)20-14-12-17(4)13-15-20/h12-16,18-19,22H,5-11H2,1-4H3/b21-16+/t18?,19-/m0/s1. The fraction of sp³-hybridized carbons (Fsp3) is 0.619. The molecule has 1 rings (SSSR count). The van der Waals surface area contributed by atoms with Crippen molar-refractivity contribution in [1.29, 1.82) is 0 Å². The van der Waals surface area contributed by atoms with Crippen LogP contribution in [0.1, 0.15) is 71.3 Å². The number of hydrogen-bond acceptors (Lipinski definition) is 3. The lowest BCUT2D eigenvalue weighted by atomic mass is 9.97. The van der Waals surface area contributed by atoms with Crippen LogP contribution in [0.5, 0.6) is 0 Å². The number of hydrogen-bond donors (Lipinski definition) is 1. The fourth-order valence-corrected chi connectivity index (χ4v) is 4.81. The number of sulfone groups is 1. The van der Waals surface area contributed by atoms with Gasteiger partial charge in [-0.05, 0) is 50.3 Å². The van der Waals surface area contributed by atoms with Crippen molar-refractivity contribution in [2.24, 2.45) is 5.92 Å². The molecule has 0 heterocycles. The number of benzene rings is 1. The molecule has 1 aromatic rings. The Bertz CT molecular complexity index is 630. The number of allylic oxidation sites excluding steroid dienone is 1. The number of unbranched alkanes of at least 4 members (excludes halogenated alkanes) is 2. The van der Waals surface area contributed by atoms with E-state index in [-0.39, 0.29) is 5.92 Å². The molecule has 0 aliphatic carbocycles. The molecule has 3 nitrogen and oxygen atoms in total. The third kappa shape index (κ3) is 6.59. The van der Waals surface area contributed by atoms with Crippen molar-refractivity contribution in [3.8, 4) is 0 Å². The Morgan fingerprint density at radius 3 is 2.12 bits per heavy atom. The SMILES string of the molecule is CCCCC(CC)/C(=C\[C@@H](O)CCCC)S(=O)(=O)c1ccc(C)cc1. The molecule has 142 valence electrons. The van der Waals surface area contributed by atoms with Crippen LogP contribution in [0.15, 0.2) is 40.1 Å². The van der Waals surface area contributed by atoms with Crippen LogP contribution in [-0.2, 0) is 9.84 Å². The van der Waals surface area contributed by atoms with E-state index in [1.165, 1.54) is 0 Å². The maximum Gasteiger partial charge on any atom is 0.202 e. The van der Waals surface area contributed by atoms with E-state index in [4.69, 9.17) is 0 Å². The van der Waals surface area contributed by atoms with Crippen LogP contribution in [0.25, 0.3) is 0 Å². The minimum absolute atomic E-state index is 0.0393. The van der Waals surface area contributed by atoms with Crippen LogP contribution in [0.2, 0.25) is 0 Å². The minimum atomic E-state index is -3.58. The first kappa shape index (κ1) is 21.9. The normalized spacial score (nSPS) is 15.2. The van der Waals surface area contributed by atoms with Gasteiger partial charge in [-0.15, -0.1) is 0 Å². The molecular weight excluding hydrogens is 332 g/mol. The highest BCUT2D eigenvalue weighted by Crippen LogP contribution is 2.32. The molecule has 0 spiro atoms. The first-order valence-corrected chi connectivity index (χ1v) is 11.1. The van der Waals surface area contributed by atoms with Gasteiger partial charge in [0.15, 0.2) is 0 Å². The van der Waals surface area contributed by atoms with Crippen molar-refractivity contribution in [3.05, 3.63) is 40.8 Å². The lowest BCUT2D eigenvalue weighted by Gasteiger charge is -2.21. The van der Waals surface area contributed by atoms with Gasteiger partial charge in [0.25, 0.3) is 0 Å². The molecule has 0 aliphatic rings. The van der Waals surface area contributed by atoms with Crippen LogP contribution in [0, 0.1) is 12.8 Å². The van der Waals surface area contributed by atoms with Gasteiger partial charge in [-0.3, -0.25) is 0 Å². The second-order valence-electron chi connectivity index (χ2n) is 6.84. The van der Waals surface area contributed by atoms with Crippen LogP contribution in [0.3, 0.4) is 0 Å². The van der Waals surface area contributed by atoms with Gasteiger partial charge < -0.3 is 5.11 Å². The molecule has 25 heavy (non-hydrogen) atoms. The van der Waals surface area contributed by atoms with Crippen molar-refractivity contribution in [2.45, 2.75) is 83.6 Å². The van der Waals surface area contributed by atoms with E-state index in [9.17, 15) is 13.5 Å². The van der Waals surface area contributed by atoms with Crippen molar-refractivity contribution < 1.29 is 13.5 Å². The van der Waals surface area contributed by atoms with Gasteiger partial charge in [0.2, 0.25) is 9.84 Å². The highest BCUT2D eigenvalue weighted by Gasteiger charge is 2.27. The summed E-state index contributed by atoms with van der Waals surface area (Å²) >= 11 is 0. The van der Waals surface area contributed by atoms with E-state index in [1.807, 2.05) is 26.0 Å². The first-order valence-electron chi connectivity index (χ1n) is 9.58. The third-order valence-corrected chi connectivity index (χ3v) is 6.64. The monoisotopic (exact) mass is 366 g/mol. The molecular formula is C21H34O3S. The summed E-state index contributed by atoms with van der Waals surface area (Å²) in [5.74, 6) is -0.0393. The molecule has 0 fully saturated rings. The highest BCUT2D eigenvalue weighted by atomic mass is 32.2. The predicted octanol–water partition coefficient (Wildman–Crippen LogP) is 5.42. The molecule has 1 aromatic carbocycles. The van der Waals surface area contributed by atoms with E-state index in [0.717, 1.165) is 44.1 Å². The fourth-order valence-electron chi connectivity index (χ4n) is 2.98. The Balaban J connectivity index is 3.27. The number of aliphatic hydroxyl groups excluding tert-OH is 1. The van der Waals surface area contributed by atoms with Gasteiger partial charge in [-0.2, -0.15) is 0 Å². The second kappa shape index (κ2) is 10.8. The summed E-state index contributed by atoms with van der Waals surface area (Å²) in [6.45, 7) is 8.15. The van der Waals surface area contributed by atoms with Gasteiger partial charge in [-0.25, -0.2) is 8.42 Å². The zero-order valence-corrected chi connectivity index (χ0v) is 17.0. The molecule has 4 heteroatoms. The summed E-state index contributed by atoms with van der Waals surface area (Å²) in [5, 5.41) is 10.3. The molecule has 0 bridgehead atoms. The minimum Gasteiger partial charge on any atom is -0.389 e. The van der Waals surface area contributed by atoms with E-state index >= 15 is 0 Å². The molecule has 1 unspecified atom stereocenters. The first-order chi connectivity index (χ1) is 11.9. The summed E-state index contributed by atoms with van der Waals surface area (Å²) in [4.78, 5) is 0.720. The van der Waals surface area contributed by atoms with E-state index in [1.54, 1.807) is 18.2 Å². The molecule has 0 aromatic heterocycles. The van der Waals surface area contributed by atoms with E-state index in [0.29, 0.717) is 16.2 Å². The molecule has 2 atom stereocenters. The van der Waals surface area contributed by atoms with Crippen LogP contribution in [0.4, 0.5) is 0 Å². The summed E-state index contributed by atoms with van der Waals surface area (Å²) in [7, 11) is -3.58. The number of rotatable bonds is 11. The van der Waals surface area contributed by atoms with Crippen LogP contribution < -0.4 is 0 Å². The Hall–Kier alpha value is -1.13. The molecule has 0 radical (unpaired) electrons. The smallest absolute Gasteiger partial charge is 0.202 e. The maximum atomic E-state index is 13.2. The van der Waals surface area contributed by atoms with Crippen LogP contribution in [-0.4, -0.2) is 19.6 Å². The predicted molar refractivity (Wildman–Crippen MR) is 105 cm³/mol. The van der Waals surface area contributed by atoms with Gasteiger partial charge in [0, 0.05) is 0 Å². The molecule has 0 saturated heterocycles. The third-order valence-electron chi connectivity index (χ3n) is 4.65. The van der Waals surface area contributed by atoms with E-state index < -0.39 is 15.9 Å². The quantitative estimate of drug-likeness (QED) is 0.569. The Labute approximate surface area is 154 Å². The lowest BCUT2D eigenvalue weighted by Crippen LogP contribution is -2.17. The number of aliphatic hydroxyl groups is 1. The summed E-state index contributed by atoms with van der Waals surface area (Å²) in [5.41, 5.74) is 1.03. The maximum absolute atomic E-state index is 13.2. The average molecular weight is 367 g/mol. The Kier molecular flexibility index (Phi) is 9.44. The second-order valence-corrected chi connectivity index (χ2v) is 8.79. The summed E-state index contributed by atoms with van der Waals surface area (Å²) in [6.07, 6.45) is 7.01. The molecule has 0 amide bonds. The van der Waals surface area contributed by atoms with Crippen LogP contribution >= 0.6 is 0 Å². The van der Waals surface area contributed by atoms with E-state index in [2.05, 4.69) is 13.8 Å². The van der Waals surface area contributed by atoms with Gasteiger partial charge in [-0.1, -0.05) is 64.2 Å². The largest absolute Gasteiger partial charge is 0.389 e. The average Bonchev–Trinajstić information content (AvgIpc) is 2.59. The number of aryl methyl sites for hydroxylation is 1. The van der Waals surface area contributed by atoms with Crippen molar-refractivity contribution in [2.75, 3.05) is 0 Å². The zero-order chi connectivity index (χ0) is 18.9. The lowest BCUT2D eigenvalue weighted by molar-refractivity contribution is 0.207. The molecule has 0 saturated carbocycles. The Morgan fingerprint density at radius 1 is 1.04 bits per heavy atom. The van der Waals surface area contributed by atoms with Crippen molar-refractivity contribution >= 4 is 9.84 Å². The topological polar surface area (TPSA) is 54.4 Å². The van der Waals surface area contributed by atoms with Gasteiger partial charge in [0.05, 0.1) is 15.9 Å². The summed E-state index contributed by atoms with van der Waals surface area (Å²) in [6, 6.07) is 6.99. The molecule has 1 N–H and O–H groups in total. The van der Waals surface area contributed by atoms with Gasteiger partial charge >= 0.3 is 0 Å². The van der Waals surface area contributed by atoms with Crippen molar-refractivity contribution in [3.63, 3.8) is 0 Å². The Morgan fingerprint density at radius 2 is 1.60 bits per heavy atom.